The van der Waals surface area contributed by atoms with Crippen LogP contribution in [0.15, 0.2) is 24.3 Å². The maximum atomic E-state index is 14.0. The summed E-state index contributed by atoms with van der Waals surface area (Å²) in [5.41, 5.74) is 6.91. The van der Waals surface area contributed by atoms with E-state index in [0.717, 1.165) is 25.9 Å². The minimum Gasteiger partial charge on any atom is -0.322 e. The molecule has 0 aliphatic heterocycles. The van der Waals surface area contributed by atoms with Crippen molar-refractivity contribution < 1.29 is 4.39 Å². The third-order valence-corrected chi connectivity index (χ3v) is 4.44. The Kier molecular flexibility index (Phi) is 5.95. The van der Waals surface area contributed by atoms with Gasteiger partial charge in [-0.25, -0.2) is 4.39 Å². The van der Waals surface area contributed by atoms with Crippen LogP contribution in [0.5, 0.6) is 0 Å². The Balaban J connectivity index is 3.22. The molecule has 1 atom stereocenters. The molecule has 0 radical (unpaired) electrons. The van der Waals surface area contributed by atoms with Crippen LogP contribution in [0.25, 0.3) is 0 Å². The molecule has 0 saturated carbocycles. The molecule has 0 saturated heterocycles. The molecular formula is C16H27FN2. The van der Waals surface area contributed by atoms with E-state index in [1.807, 2.05) is 12.1 Å². The highest BCUT2D eigenvalue weighted by molar-refractivity contribution is 5.25. The summed E-state index contributed by atoms with van der Waals surface area (Å²) in [7, 11) is 0. The van der Waals surface area contributed by atoms with Gasteiger partial charge in [0.25, 0.3) is 0 Å². The average molecular weight is 266 g/mol. The van der Waals surface area contributed by atoms with Crippen molar-refractivity contribution in [1.82, 2.24) is 4.90 Å². The second-order valence-electron chi connectivity index (χ2n) is 4.98. The van der Waals surface area contributed by atoms with E-state index in [1.165, 1.54) is 6.07 Å². The standard InChI is InChI=1S/C16H27FN2/c1-5-16(6-2,19(7-3)8-4)15(18)13-11-9-10-12-14(13)17/h9-12,15H,5-8,18H2,1-4H3. The van der Waals surface area contributed by atoms with Crippen molar-refractivity contribution in [3.63, 3.8) is 0 Å². The van der Waals surface area contributed by atoms with Crippen molar-refractivity contribution in [2.45, 2.75) is 52.1 Å². The smallest absolute Gasteiger partial charge is 0.128 e. The molecule has 2 nitrogen and oxygen atoms in total. The van der Waals surface area contributed by atoms with Crippen LogP contribution in [0.2, 0.25) is 0 Å². The molecule has 0 aromatic heterocycles. The lowest BCUT2D eigenvalue weighted by atomic mass is 9.79. The molecule has 0 heterocycles. The minimum atomic E-state index is -0.302. The second-order valence-corrected chi connectivity index (χ2v) is 4.98. The number of benzene rings is 1. The third kappa shape index (κ3) is 2.98. The first-order chi connectivity index (χ1) is 9.07. The van der Waals surface area contributed by atoms with Crippen LogP contribution >= 0.6 is 0 Å². The number of nitrogens with zero attached hydrogens (tertiary/aromatic N) is 1. The Bertz CT molecular complexity index is 384. The van der Waals surface area contributed by atoms with Gasteiger partial charge < -0.3 is 5.73 Å². The number of hydrogen-bond acceptors (Lipinski definition) is 2. The zero-order chi connectivity index (χ0) is 14.5. The molecule has 1 aromatic rings. The maximum Gasteiger partial charge on any atom is 0.128 e. The lowest BCUT2D eigenvalue weighted by Crippen LogP contribution is -2.55. The highest BCUT2D eigenvalue weighted by Gasteiger charge is 2.39. The van der Waals surface area contributed by atoms with Crippen LogP contribution < -0.4 is 5.73 Å². The zero-order valence-electron chi connectivity index (χ0n) is 12.6. The fraction of sp³-hybridized carbons (Fsp3) is 0.625. The predicted octanol–water partition coefficient (Wildman–Crippen LogP) is 3.73. The van der Waals surface area contributed by atoms with Crippen LogP contribution in [0, 0.1) is 5.82 Å². The van der Waals surface area contributed by atoms with Gasteiger partial charge in [-0.15, -0.1) is 0 Å². The Labute approximate surface area is 116 Å². The highest BCUT2D eigenvalue weighted by atomic mass is 19.1. The molecule has 1 rings (SSSR count). The summed E-state index contributed by atoms with van der Waals surface area (Å²) in [5.74, 6) is -0.201. The van der Waals surface area contributed by atoms with Crippen LogP contribution in [0.3, 0.4) is 0 Å². The number of rotatable bonds is 7. The van der Waals surface area contributed by atoms with Crippen LogP contribution in [-0.4, -0.2) is 23.5 Å². The SMILES string of the molecule is CCN(CC)C(CC)(CC)C(N)c1ccccc1F. The molecule has 0 amide bonds. The van der Waals surface area contributed by atoms with E-state index >= 15 is 0 Å². The molecule has 0 aliphatic carbocycles. The maximum absolute atomic E-state index is 14.0. The number of hydrogen-bond donors (Lipinski definition) is 1. The molecular weight excluding hydrogens is 239 g/mol. The van der Waals surface area contributed by atoms with Crippen LogP contribution in [-0.2, 0) is 0 Å². The lowest BCUT2D eigenvalue weighted by Gasteiger charge is -2.46. The van der Waals surface area contributed by atoms with Gasteiger partial charge in [-0.2, -0.15) is 0 Å². The van der Waals surface area contributed by atoms with Gasteiger partial charge in [0.05, 0.1) is 6.04 Å². The van der Waals surface area contributed by atoms with Crippen molar-refractivity contribution in [2.75, 3.05) is 13.1 Å². The van der Waals surface area contributed by atoms with E-state index in [1.54, 1.807) is 6.07 Å². The summed E-state index contributed by atoms with van der Waals surface area (Å²) < 4.78 is 14.0. The molecule has 0 aliphatic rings. The Hall–Kier alpha value is -0.930. The molecule has 0 fully saturated rings. The quantitative estimate of drug-likeness (QED) is 0.815. The monoisotopic (exact) mass is 266 g/mol. The number of likely N-dealkylation sites (N-methyl/N-ethyl adjacent to an activating group) is 1. The largest absolute Gasteiger partial charge is 0.322 e. The van der Waals surface area contributed by atoms with Crippen LogP contribution in [0.4, 0.5) is 4.39 Å². The molecule has 1 unspecified atom stereocenters. The van der Waals surface area contributed by atoms with Crippen molar-refractivity contribution in [2.24, 2.45) is 5.73 Å². The van der Waals surface area contributed by atoms with Gasteiger partial charge in [0.15, 0.2) is 0 Å². The van der Waals surface area contributed by atoms with E-state index in [9.17, 15) is 4.39 Å². The highest BCUT2D eigenvalue weighted by Crippen LogP contribution is 2.36. The molecule has 2 N–H and O–H groups in total. The Morgan fingerprint density at radius 1 is 1.11 bits per heavy atom. The molecule has 108 valence electrons. The summed E-state index contributed by atoms with van der Waals surface area (Å²) >= 11 is 0. The summed E-state index contributed by atoms with van der Waals surface area (Å²) in [6, 6.07) is 6.57. The van der Waals surface area contributed by atoms with Crippen LogP contribution in [0.1, 0.15) is 52.1 Å². The average Bonchev–Trinajstić information content (AvgIpc) is 2.44. The fourth-order valence-electron chi connectivity index (χ4n) is 3.20. The predicted molar refractivity (Wildman–Crippen MR) is 79.6 cm³/mol. The van der Waals surface area contributed by atoms with Gasteiger partial charge in [0, 0.05) is 11.1 Å². The third-order valence-electron chi connectivity index (χ3n) is 4.44. The lowest BCUT2D eigenvalue weighted by molar-refractivity contribution is 0.0614. The van der Waals surface area contributed by atoms with E-state index < -0.39 is 0 Å². The van der Waals surface area contributed by atoms with Crippen molar-refractivity contribution in [3.8, 4) is 0 Å². The Morgan fingerprint density at radius 3 is 2.05 bits per heavy atom. The summed E-state index contributed by atoms with van der Waals surface area (Å²) in [5, 5.41) is 0. The van der Waals surface area contributed by atoms with Gasteiger partial charge >= 0.3 is 0 Å². The summed E-state index contributed by atoms with van der Waals surface area (Å²) in [4.78, 5) is 2.37. The van der Waals surface area contributed by atoms with E-state index in [4.69, 9.17) is 5.73 Å². The molecule has 0 spiro atoms. The van der Waals surface area contributed by atoms with Gasteiger partial charge in [-0.05, 0) is 32.0 Å². The number of nitrogens with two attached hydrogens (primary N) is 1. The molecule has 3 heteroatoms. The molecule has 0 bridgehead atoms. The second kappa shape index (κ2) is 7.01. The normalized spacial score (nSPS) is 13.8. The van der Waals surface area contributed by atoms with Gasteiger partial charge in [0.2, 0.25) is 0 Å². The molecule has 1 aromatic carbocycles. The first-order valence-corrected chi connectivity index (χ1v) is 7.32. The Morgan fingerprint density at radius 2 is 1.63 bits per heavy atom. The van der Waals surface area contributed by atoms with Gasteiger partial charge in [-0.1, -0.05) is 45.9 Å². The minimum absolute atomic E-state index is 0.175. The van der Waals surface area contributed by atoms with Crippen molar-refractivity contribution >= 4 is 0 Å². The fourth-order valence-corrected chi connectivity index (χ4v) is 3.20. The summed E-state index contributed by atoms with van der Waals surface area (Å²) in [6.07, 6.45) is 1.83. The van der Waals surface area contributed by atoms with E-state index in [-0.39, 0.29) is 17.4 Å². The summed E-state index contributed by atoms with van der Waals surface area (Å²) in [6.45, 7) is 10.4. The topological polar surface area (TPSA) is 29.3 Å². The molecule has 19 heavy (non-hydrogen) atoms. The van der Waals surface area contributed by atoms with Gasteiger partial charge in [0.1, 0.15) is 5.82 Å². The van der Waals surface area contributed by atoms with Crippen molar-refractivity contribution in [3.05, 3.63) is 35.6 Å². The van der Waals surface area contributed by atoms with E-state index in [0.29, 0.717) is 5.56 Å². The van der Waals surface area contributed by atoms with E-state index in [2.05, 4.69) is 32.6 Å². The first kappa shape index (κ1) is 16.1. The van der Waals surface area contributed by atoms with Gasteiger partial charge in [-0.3, -0.25) is 4.90 Å². The zero-order valence-corrected chi connectivity index (χ0v) is 12.6. The number of halogens is 1. The first-order valence-electron chi connectivity index (χ1n) is 7.32. The van der Waals surface area contributed by atoms with Crippen molar-refractivity contribution in [1.29, 1.82) is 0 Å².